The van der Waals surface area contributed by atoms with Gasteiger partial charge in [-0.3, -0.25) is 9.59 Å². The first kappa shape index (κ1) is 26.8. The maximum atomic E-state index is 12.6. The Bertz CT molecular complexity index is 1440. The zero-order valence-electron chi connectivity index (χ0n) is 21.8. The van der Waals surface area contributed by atoms with Crippen molar-refractivity contribution in [2.75, 3.05) is 40.4 Å². The molecular weight excluding hydrogens is 480 g/mol. The van der Waals surface area contributed by atoms with Gasteiger partial charge in [-0.15, -0.1) is 0 Å². The molecule has 0 aliphatic rings. The van der Waals surface area contributed by atoms with Crippen molar-refractivity contribution in [3.63, 3.8) is 0 Å². The van der Waals surface area contributed by atoms with Crippen LogP contribution < -0.4 is 5.32 Å². The number of nitrogens with one attached hydrogen (secondary N) is 2. The molecule has 0 saturated carbocycles. The summed E-state index contributed by atoms with van der Waals surface area (Å²) >= 11 is 0. The van der Waals surface area contributed by atoms with Crippen LogP contribution in [0, 0.1) is 6.92 Å². The van der Waals surface area contributed by atoms with E-state index in [4.69, 9.17) is 9.73 Å². The summed E-state index contributed by atoms with van der Waals surface area (Å²) in [5.41, 5.74) is 5.12. The molecule has 0 fully saturated rings. The van der Waals surface area contributed by atoms with E-state index in [1.54, 1.807) is 37.4 Å². The van der Waals surface area contributed by atoms with Crippen molar-refractivity contribution in [1.82, 2.24) is 15.2 Å². The zero-order chi connectivity index (χ0) is 27.1. The quantitative estimate of drug-likeness (QED) is 0.203. The lowest BCUT2D eigenvalue weighted by atomic mass is 9.98. The van der Waals surface area contributed by atoms with E-state index in [0.717, 1.165) is 35.9 Å². The fourth-order valence-corrected chi connectivity index (χ4v) is 4.22. The van der Waals surface area contributed by atoms with Crippen LogP contribution in [0.15, 0.2) is 71.7 Å². The van der Waals surface area contributed by atoms with Gasteiger partial charge in [0.05, 0.1) is 23.6 Å². The molecule has 1 amide bonds. The molecule has 0 radical (unpaired) electrons. The first-order valence-electron chi connectivity index (χ1n) is 12.4. The summed E-state index contributed by atoms with van der Waals surface area (Å²) in [6, 6.07) is 20.2. The molecule has 8 nitrogen and oxygen atoms in total. The van der Waals surface area contributed by atoms with Crippen molar-refractivity contribution in [3.05, 3.63) is 94.5 Å². The van der Waals surface area contributed by atoms with Gasteiger partial charge < -0.3 is 25.0 Å². The molecule has 0 unspecified atom stereocenters. The second-order valence-corrected chi connectivity index (χ2v) is 9.15. The van der Waals surface area contributed by atoms with Gasteiger partial charge in [0.15, 0.2) is 5.88 Å². The van der Waals surface area contributed by atoms with E-state index in [0.29, 0.717) is 46.8 Å². The van der Waals surface area contributed by atoms with Gasteiger partial charge in [0.25, 0.3) is 5.91 Å². The minimum Gasteiger partial charge on any atom is -0.494 e. The van der Waals surface area contributed by atoms with Crippen molar-refractivity contribution < 1.29 is 19.4 Å². The summed E-state index contributed by atoms with van der Waals surface area (Å²) in [5.74, 6) is -0.184. The van der Waals surface area contributed by atoms with Crippen LogP contribution in [0.3, 0.4) is 0 Å². The van der Waals surface area contributed by atoms with Crippen LogP contribution in [-0.4, -0.2) is 73.3 Å². The molecule has 1 aromatic heterocycles. The monoisotopic (exact) mass is 512 g/mol. The third kappa shape index (κ3) is 6.16. The SMILES string of the molecule is COCCN(C)CCNC(=O)c1ccc(N=C(c2ccccc2)c2c(O)[nH]c3cc(C=O)c(C)cc23)cc1. The van der Waals surface area contributed by atoms with Crippen LogP contribution in [0.25, 0.3) is 10.9 Å². The molecule has 4 rings (SSSR count). The van der Waals surface area contributed by atoms with Gasteiger partial charge in [-0.1, -0.05) is 30.3 Å². The van der Waals surface area contributed by atoms with Gasteiger partial charge in [-0.05, 0) is 55.9 Å². The lowest BCUT2D eigenvalue weighted by molar-refractivity contribution is 0.0947. The number of hydrogen-bond donors (Lipinski definition) is 3. The molecule has 1 heterocycles. The van der Waals surface area contributed by atoms with Gasteiger partial charge in [0, 0.05) is 54.3 Å². The fourth-order valence-electron chi connectivity index (χ4n) is 4.22. The molecule has 3 N–H and O–H groups in total. The molecule has 0 atom stereocenters. The molecule has 196 valence electrons. The number of aromatic amines is 1. The van der Waals surface area contributed by atoms with E-state index >= 15 is 0 Å². The average molecular weight is 513 g/mol. The molecule has 38 heavy (non-hydrogen) atoms. The second-order valence-electron chi connectivity index (χ2n) is 9.15. The van der Waals surface area contributed by atoms with E-state index in [9.17, 15) is 14.7 Å². The Morgan fingerprint density at radius 3 is 2.50 bits per heavy atom. The minimum atomic E-state index is -0.153. The van der Waals surface area contributed by atoms with E-state index in [1.165, 1.54) is 0 Å². The Kier molecular flexibility index (Phi) is 8.68. The highest BCUT2D eigenvalue weighted by Gasteiger charge is 2.20. The topological polar surface area (TPSA) is 107 Å². The van der Waals surface area contributed by atoms with E-state index < -0.39 is 0 Å². The number of aromatic hydroxyl groups is 1. The predicted molar refractivity (Wildman–Crippen MR) is 150 cm³/mol. The number of carbonyl (C=O) groups is 2. The Labute approximate surface area is 222 Å². The molecule has 8 heteroatoms. The van der Waals surface area contributed by atoms with Gasteiger partial charge in [0.1, 0.15) is 6.29 Å². The number of methoxy groups -OCH3 is 1. The lowest BCUT2D eigenvalue weighted by Crippen LogP contribution is -2.34. The van der Waals surface area contributed by atoms with Crippen LogP contribution in [0.2, 0.25) is 0 Å². The highest BCUT2D eigenvalue weighted by Crippen LogP contribution is 2.33. The Morgan fingerprint density at radius 2 is 1.82 bits per heavy atom. The third-order valence-corrected chi connectivity index (χ3v) is 6.40. The molecule has 0 saturated heterocycles. The van der Waals surface area contributed by atoms with E-state index in [2.05, 4.69) is 15.2 Å². The third-order valence-electron chi connectivity index (χ3n) is 6.40. The number of H-pyrrole nitrogens is 1. The average Bonchev–Trinajstić information content (AvgIpc) is 3.24. The number of ether oxygens (including phenoxy) is 1. The lowest BCUT2D eigenvalue weighted by Gasteiger charge is -2.16. The largest absolute Gasteiger partial charge is 0.494 e. The number of hydrogen-bond acceptors (Lipinski definition) is 6. The van der Waals surface area contributed by atoms with Crippen molar-refractivity contribution in [1.29, 1.82) is 0 Å². The maximum Gasteiger partial charge on any atom is 0.251 e. The predicted octanol–water partition coefficient (Wildman–Crippen LogP) is 4.47. The number of benzene rings is 3. The number of rotatable bonds is 11. The summed E-state index contributed by atoms with van der Waals surface area (Å²) in [7, 11) is 3.65. The number of fused-ring (bicyclic) bond motifs is 1. The summed E-state index contributed by atoms with van der Waals surface area (Å²) < 4.78 is 5.07. The van der Waals surface area contributed by atoms with E-state index in [1.807, 2.05) is 50.4 Å². The van der Waals surface area contributed by atoms with Gasteiger partial charge in [0.2, 0.25) is 0 Å². The molecule has 0 aliphatic carbocycles. The molecule has 0 aliphatic heterocycles. The molecular formula is C30H32N4O4. The first-order valence-corrected chi connectivity index (χ1v) is 12.4. The van der Waals surface area contributed by atoms with Crippen molar-refractivity contribution in [3.8, 4) is 5.88 Å². The summed E-state index contributed by atoms with van der Waals surface area (Å²) in [6.07, 6.45) is 0.802. The summed E-state index contributed by atoms with van der Waals surface area (Å²) in [6.45, 7) is 4.56. The number of carbonyl (C=O) groups excluding carboxylic acids is 2. The van der Waals surface area contributed by atoms with Crippen LogP contribution >= 0.6 is 0 Å². The van der Waals surface area contributed by atoms with Crippen molar-refractivity contribution in [2.24, 2.45) is 4.99 Å². The van der Waals surface area contributed by atoms with Crippen LogP contribution in [0.5, 0.6) is 5.88 Å². The number of aliphatic imine (C=N–C) groups is 1. The van der Waals surface area contributed by atoms with Crippen LogP contribution in [0.1, 0.15) is 37.4 Å². The van der Waals surface area contributed by atoms with Gasteiger partial charge in [-0.25, -0.2) is 4.99 Å². The minimum absolute atomic E-state index is 0.0310. The number of likely N-dealkylation sites (N-methyl/N-ethyl adjacent to an activating group) is 1. The Balaban J connectivity index is 1.62. The van der Waals surface area contributed by atoms with Crippen molar-refractivity contribution >= 4 is 34.5 Å². The molecule has 0 bridgehead atoms. The van der Waals surface area contributed by atoms with E-state index in [-0.39, 0.29) is 11.8 Å². The second kappa shape index (κ2) is 12.3. The maximum absolute atomic E-state index is 12.6. The molecule has 4 aromatic rings. The molecule has 0 spiro atoms. The number of aryl methyl sites for hydroxylation is 1. The number of aromatic nitrogens is 1. The van der Waals surface area contributed by atoms with Gasteiger partial charge >= 0.3 is 0 Å². The number of nitrogens with zero attached hydrogens (tertiary/aromatic N) is 2. The van der Waals surface area contributed by atoms with Gasteiger partial charge in [-0.2, -0.15) is 0 Å². The Morgan fingerprint density at radius 1 is 1.08 bits per heavy atom. The summed E-state index contributed by atoms with van der Waals surface area (Å²) in [5, 5.41) is 14.6. The fraction of sp³-hybridized carbons (Fsp3) is 0.233. The van der Waals surface area contributed by atoms with Crippen LogP contribution in [0.4, 0.5) is 5.69 Å². The normalized spacial score (nSPS) is 11.7. The highest BCUT2D eigenvalue weighted by molar-refractivity contribution is 6.22. The smallest absolute Gasteiger partial charge is 0.251 e. The number of amides is 1. The van der Waals surface area contributed by atoms with Crippen LogP contribution in [-0.2, 0) is 4.74 Å². The number of aldehydes is 1. The van der Waals surface area contributed by atoms with Crippen molar-refractivity contribution in [2.45, 2.75) is 6.92 Å². The molecule has 3 aromatic carbocycles. The summed E-state index contributed by atoms with van der Waals surface area (Å²) in [4.78, 5) is 34.0. The first-order chi connectivity index (χ1) is 18.4. The zero-order valence-corrected chi connectivity index (χ0v) is 21.8. The highest BCUT2D eigenvalue weighted by atomic mass is 16.5. The standard InChI is InChI=1S/C30H32N4O4/c1-20-17-25-26(18-23(20)19-35)33-30(37)27(25)28(21-7-5-4-6-8-21)32-24-11-9-22(10-12-24)29(36)31-13-14-34(2)15-16-38-3/h4-12,17-19,33,37H,13-16H2,1-3H3,(H,31,36). The Hall–Kier alpha value is -4.27.